The molecule has 166 valence electrons. The lowest BCUT2D eigenvalue weighted by Gasteiger charge is -2.34. The third kappa shape index (κ3) is 6.52. The first kappa shape index (κ1) is 22.7. The van der Waals surface area contributed by atoms with Crippen LogP contribution in [0.15, 0.2) is 42.5 Å². The van der Waals surface area contributed by atoms with Crippen molar-refractivity contribution < 1.29 is 9.72 Å². The van der Waals surface area contributed by atoms with Crippen LogP contribution in [-0.4, -0.2) is 41.9 Å². The number of nitro groups is 1. The molecule has 31 heavy (non-hydrogen) atoms. The Balaban J connectivity index is 1.58. The van der Waals surface area contributed by atoms with Crippen molar-refractivity contribution in [1.29, 1.82) is 0 Å². The van der Waals surface area contributed by atoms with E-state index >= 15 is 0 Å². The average molecular weight is 425 g/mol. The largest absolute Gasteiger partial charge is 0.379 e. The second kappa shape index (κ2) is 10.4. The summed E-state index contributed by atoms with van der Waals surface area (Å²) in [5, 5.41) is 17.6. The number of nitrogens with one attached hydrogen (secondary N) is 2. The zero-order valence-corrected chi connectivity index (χ0v) is 18.6. The van der Waals surface area contributed by atoms with Crippen molar-refractivity contribution in [2.45, 2.75) is 33.6 Å². The van der Waals surface area contributed by atoms with E-state index in [9.17, 15) is 14.9 Å². The molecule has 0 aliphatic carbocycles. The second-order valence-electron chi connectivity index (χ2n) is 8.80. The van der Waals surface area contributed by atoms with Gasteiger partial charge in [0.2, 0.25) is 0 Å². The molecule has 1 saturated heterocycles. The van der Waals surface area contributed by atoms with Crippen LogP contribution >= 0.6 is 0 Å². The van der Waals surface area contributed by atoms with E-state index in [2.05, 4.69) is 29.4 Å². The molecule has 0 saturated carbocycles. The highest BCUT2D eigenvalue weighted by atomic mass is 16.6. The Morgan fingerprint density at radius 2 is 1.90 bits per heavy atom. The minimum absolute atomic E-state index is 0.0860. The number of hydrogen-bond acceptors (Lipinski definition) is 5. The van der Waals surface area contributed by atoms with E-state index < -0.39 is 4.92 Å². The van der Waals surface area contributed by atoms with Gasteiger partial charge in [-0.3, -0.25) is 14.9 Å². The Morgan fingerprint density at radius 1 is 1.16 bits per heavy atom. The van der Waals surface area contributed by atoms with Crippen LogP contribution in [0.5, 0.6) is 0 Å². The Morgan fingerprint density at radius 3 is 2.58 bits per heavy atom. The van der Waals surface area contributed by atoms with Crippen LogP contribution in [0.25, 0.3) is 0 Å². The molecule has 0 spiro atoms. The van der Waals surface area contributed by atoms with Gasteiger partial charge in [-0.2, -0.15) is 0 Å². The van der Waals surface area contributed by atoms with Crippen molar-refractivity contribution in [3.8, 4) is 0 Å². The fourth-order valence-corrected chi connectivity index (χ4v) is 4.40. The summed E-state index contributed by atoms with van der Waals surface area (Å²) in [6.07, 6.45) is 2.19. The summed E-state index contributed by atoms with van der Waals surface area (Å²) in [5.41, 5.74) is 2.30. The molecule has 0 unspecified atom stereocenters. The van der Waals surface area contributed by atoms with Gasteiger partial charge in [0.15, 0.2) is 0 Å². The van der Waals surface area contributed by atoms with Gasteiger partial charge in [0.1, 0.15) is 5.69 Å². The number of nitrogens with zero attached hydrogens (tertiary/aromatic N) is 2. The Labute approximate surface area is 184 Å². The van der Waals surface area contributed by atoms with E-state index in [1.54, 1.807) is 18.2 Å². The Kier molecular flexibility index (Phi) is 7.63. The summed E-state index contributed by atoms with van der Waals surface area (Å²) in [7, 11) is 0. The van der Waals surface area contributed by atoms with Crippen LogP contribution in [-0.2, 0) is 0 Å². The van der Waals surface area contributed by atoms with E-state index in [1.165, 1.54) is 12.5 Å². The quantitative estimate of drug-likeness (QED) is 0.356. The van der Waals surface area contributed by atoms with E-state index in [1.807, 2.05) is 25.1 Å². The molecule has 0 aromatic heterocycles. The number of nitro benzene ring substituents is 1. The van der Waals surface area contributed by atoms with E-state index in [4.69, 9.17) is 0 Å². The summed E-state index contributed by atoms with van der Waals surface area (Å²) in [6, 6.07) is 12.0. The van der Waals surface area contributed by atoms with Crippen molar-refractivity contribution in [1.82, 2.24) is 4.90 Å². The smallest absolute Gasteiger partial charge is 0.293 e. The van der Waals surface area contributed by atoms with Gasteiger partial charge in [-0.15, -0.1) is 0 Å². The maximum Gasteiger partial charge on any atom is 0.293 e. The van der Waals surface area contributed by atoms with Gasteiger partial charge in [0.05, 0.1) is 4.92 Å². The van der Waals surface area contributed by atoms with Crippen LogP contribution in [0.3, 0.4) is 0 Å². The van der Waals surface area contributed by atoms with E-state index in [0.717, 1.165) is 43.5 Å². The standard InChI is InChI=1S/C24H32N4O3/c1-17-6-4-7-21(13-17)26-24(29)20-8-9-22(23(14-20)28(30)31)25-10-5-11-27-15-18(2)12-19(3)16-27/h4,6-9,13-14,18-19,25H,5,10-12,15-16H2,1-3H3,(H,26,29)/t18-,19+. The Bertz CT molecular complexity index is 921. The number of rotatable bonds is 8. The molecule has 1 amide bonds. The zero-order chi connectivity index (χ0) is 22.4. The van der Waals surface area contributed by atoms with Crippen molar-refractivity contribution >= 4 is 23.0 Å². The molecule has 1 aliphatic rings. The first-order chi connectivity index (χ1) is 14.8. The summed E-state index contributed by atoms with van der Waals surface area (Å²) in [5.74, 6) is 1.07. The van der Waals surface area contributed by atoms with Gasteiger partial charge in [0.25, 0.3) is 11.6 Å². The highest BCUT2D eigenvalue weighted by molar-refractivity contribution is 6.05. The molecule has 1 heterocycles. The molecular formula is C24H32N4O3. The number of likely N-dealkylation sites (tertiary alicyclic amines) is 1. The van der Waals surface area contributed by atoms with Crippen molar-refractivity contribution in [3.05, 3.63) is 63.7 Å². The minimum Gasteiger partial charge on any atom is -0.379 e. The lowest BCUT2D eigenvalue weighted by Crippen LogP contribution is -2.39. The van der Waals surface area contributed by atoms with Crippen LogP contribution in [0.4, 0.5) is 17.1 Å². The van der Waals surface area contributed by atoms with E-state index in [0.29, 0.717) is 17.9 Å². The number of aryl methyl sites for hydroxylation is 1. The minimum atomic E-state index is -0.445. The predicted octanol–water partition coefficient (Wildman–Crippen LogP) is 4.94. The SMILES string of the molecule is Cc1cccc(NC(=O)c2ccc(NCCCN3C[C@H](C)C[C@H](C)C3)c([N+](=O)[O-])c2)c1. The fraction of sp³-hybridized carbons (Fsp3) is 0.458. The van der Waals surface area contributed by atoms with Crippen molar-refractivity contribution in [3.63, 3.8) is 0 Å². The Hall–Kier alpha value is -2.93. The molecule has 7 heteroatoms. The van der Waals surface area contributed by atoms with Gasteiger partial charge in [0, 0.05) is 37.0 Å². The number of amides is 1. The normalized spacial score (nSPS) is 19.1. The topological polar surface area (TPSA) is 87.5 Å². The van der Waals surface area contributed by atoms with Gasteiger partial charge in [-0.05, 0) is 68.0 Å². The first-order valence-electron chi connectivity index (χ1n) is 10.9. The van der Waals surface area contributed by atoms with Crippen LogP contribution < -0.4 is 10.6 Å². The third-order valence-corrected chi connectivity index (χ3v) is 5.64. The molecular weight excluding hydrogens is 392 g/mol. The lowest BCUT2D eigenvalue weighted by molar-refractivity contribution is -0.384. The highest BCUT2D eigenvalue weighted by Gasteiger charge is 2.21. The number of anilines is 2. The molecule has 7 nitrogen and oxygen atoms in total. The number of hydrogen-bond donors (Lipinski definition) is 2. The molecule has 2 aromatic carbocycles. The predicted molar refractivity (Wildman–Crippen MR) is 125 cm³/mol. The average Bonchev–Trinajstić information content (AvgIpc) is 2.70. The van der Waals surface area contributed by atoms with Crippen molar-refractivity contribution in [2.24, 2.45) is 11.8 Å². The number of carbonyl (C=O) groups is 1. The monoisotopic (exact) mass is 424 g/mol. The van der Waals surface area contributed by atoms with Gasteiger partial charge >= 0.3 is 0 Å². The summed E-state index contributed by atoms with van der Waals surface area (Å²) >= 11 is 0. The van der Waals surface area contributed by atoms with Gasteiger partial charge < -0.3 is 15.5 Å². The number of benzene rings is 2. The molecule has 0 bridgehead atoms. The second-order valence-corrected chi connectivity index (χ2v) is 8.80. The molecule has 1 fully saturated rings. The van der Waals surface area contributed by atoms with Crippen LogP contribution in [0, 0.1) is 28.9 Å². The molecule has 2 aromatic rings. The van der Waals surface area contributed by atoms with Crippen LogP contribution in [0.2, 0.25) is 0 Å². The summed E-state index contributed by atoms with van der Waals surface area (Å²) in [4.78, 5) is 26.2. The van der Waals surface area contributed by atoms with Gasteiger partial charge in [-0.1, -0.05) is 26.0 Å². The zero-order valence-electron chi connectivity index (χ0n) is 18.6. The fourth-order valence-electron chi connectivity index (χ4n) is 4.40. The number of piperidine rings is 1. The molecule has 3 rings (SSSR count). The molecule has 0 radical (unpaired) electrons. The van der Waals surface area contributed by atoms with Gasteiger partial charge in [-0.25, -0.2) is 0 Å². The lowest BCUT2D eigenvalue weighted by atomic mass is 9.92. The maximum absolute atomic E-state index is 12.5. The maximum atomic E-state index is 12.5. The molecule has 2 atom stereocenters. The third-order valence-electron chi connectivity index (χ3n) is 5.64. The van der Waals surface area contributed by atoms with Crippen molar-refractivity contribution in [2.75, 3.05) is 36.8 Å². The first-order valence-corrected chi connectivity index (χ1v) is 10.9. The van der Waals surface area contributed by atoms with Crippen LogP contribution in [0.1, 0.15) is 42.6 Å². The van der Waals surface area contributed by atoms with E-state index in [-0.39, 0.29) is 17.2 Å². The molecule has 1 aliphatic heterocycles. The summed E-state index contributed by atoms with van der Waals surface area (Å²) in [6.45, 7) is 10.4. The highest BCUT2D eigenvalue weighted by Crippen LogP contribution is 2.26. The molecule has 2 N–H and O–H groups in total. The number of carbonyl (C=O) groups excluding carboxylic acids is 1. The summed E-state index contributed by atoms with van der Waals surface area (Å²) < 4.78 is 0.